The molecule has 0 saturated heterocycles. The van der Waals surface area contributed by atoms with Crippen LogP contribution in [0.2, 0.25) is 0 Å². The summed E-state index contributed by atoms with van der Waals surface area (Å²) in [5.41, 5.74) is -0.485. The first-order valence-electron chi connectivity index (χ1n) is 6.91. The Hall–Kier alpha value is -2.11. The van der Waals surface area contributed by atoms with E-state index in [-0.39, 0.29) is 12.0 Å². The van der Waals surface area contributed by atoms with Crippen molar-refractivity contribution < 1.29 is 31.4 Å². The summed E-state index contributed by atoms with van der Waals surface area (Å²) in [4.78, 5) is 0. The van der Waals surface area contributed by atoms with Gasteiger partial charge < -0.3 is 9.84 Å². The van der Waals surface area contributed by atoms with Gasteiger partial charge in [0.1, 0.15) is 5.75 Å². The quantitative estimate of drug-likeness (QED) is 0.813. The summed E-state index contributed by atoms with van der Waals surface area (Å²) in [6, 6.07) is 6.26. The van der Waals surface area contributed by atoms with Gasteiger partial charge in [-0.2, -0.15) is 18.3 Å². The van der Waals surface area contributed by atoms with E-state index < -0.39 is 33.0 Å². The molecule has 25 heavy (non-hydrogen) atoms. The summed E-state index contributed by atoms with van der Waals surface area (Å²) in [6.07, 6.45) is -8.10. The number of aryl methyl sites for hydroxylation is 1. The molecule has 0 aliphatic carbocycles. The Kier molecular flexibility index (Phi) is 5.11. The van der Waals surface area contributed by atoms with Crippen LogP contribution in [0, 0.1) is 0 Å². The number of aliphatic hydroxyl groups excluding tert-OH is 1. The monoisotopic (exact) mass is 379 g/mol. The smallest absolute Gasteiger partial charge is 0.420 e. The lowest BCUT2D eigenvalue weighted by Gasteiger charge is -2.17. The summed E-state index contributed by atoms with van der Waals surface area (Å²) in [7, 11) is -1.82. The molecule has 1 atom stereocenters. The lowest BCUT2D eigenvalue weighted by atomic mass is 10.0. The number of nitrogens with two attached hydrogens (primary N) is 1. The molecular weight excluding hydrogens is 363 g/mol. The second-order valence-electron chi connectivity index (χ2n) is 5.31. The van der Waals surface area contributed by atoms with Crippen LogP contribution < -0.4 is 9.88 Å². The van der Waals surface area contributed by atoms with Gasteiger partial charge in [0.05, 0.1) is 12.8 Å². The zero-order valence-corrected chi connectivity index (χ0v) is 14.1. The van der Waals surface area contributed by atoms with E-state index in [2.05, 4.69) is 5.10 Å². The van der Waals surface area contributed by atoms with Gasteiger partial charge in [-0.15, -0.1) is 0 Å². The molecule has 7 nitrogen and oxygen atoms in total. The number of ether oxygens (including phenoxy) is 1. The molecule has 0 aliphatic heterocycles. The largest absolute Gasteiger partial charge is 0.497 e. The first-order valence-corrected chi connectivity index (χ1v) is 8.46. The summed E-state index contributed by atoms with van der Waals surface area (Å²) in [6.45, 7) is 0. The van der Waals surface area contributed by atoms with Crippen LogP contribution >= 0.6 is 0 Å². The van der Waals surface area contributed by atoms with Crippen LogP contribution in [0.5, 0.6) is 5.75 Å². The van der Waals surface area contributed by atoms with Crippen molar-refractivity contribution in [2.24, 2.45) is 12.2 Å². The third kappa shape index (κ3) is 4.11. The number of benzene rings is 1. The van der Waals surface area contributed by atoms with E-state index >= 15 is 0 Å². The Morgan fingerprint density at radius 3 is 2.32 bits per heavy atom. The summed E-state index contributed by atoms with van der Waals surface area (Å²) < 4.78 is 67.9. The zero-order chi connectivity index (χ0) is 19.0. The maximum atomic E-state index is 12.9. The van der Waals surface area contributed by atoms with Crippen LogP contribution in [0.15, 0.2) is 29.3 Å². The first-order chi connectivity index (χ1) is 11.4. The lowest BCUT2D eigenvalue weighted by molar-refractivity contribution is -0.209. The van der Waals surface area contributed by atoms with Crippen molar-refractivity contribution in [1.29, 1.82) is 0 Å². The summed E-state index contributed by atoms with van der Waals surface area (Å²) in [5, 5.41) is 17.5. The Bertz CT molecular complexity index is 861. The number of methoxy groups -OCH3 is 1. The minimum Gasteiger partial charge on any atom is -0.497 e. The van der Waals surface area contributed by atoms with Gasteiger partial charge >= 0.3 is 6.18 Å². The van der Waals surface area contributed by atoms with Gasteiger partial charge in [-0.05, 0) is 17.7 Å². The molecule has 1 aromatic carbocycles. The normalized spacial score (nSPS) is 13.7. The van der Waals surface area contributed by atoms with Crippen LogP contribution in [0.25, 0.3) is 0 Å². The molecule has 0 bridgehead atoms. The van der Waals surface area contributed by atoms with Crippen LogP contribution in [0.1, 0.15) is 22.9 Å². The Morgan fingerprint density at radius 1 is 1.32 bits per heavy atom. The van der Waals surface area contributed by atoms with Gasteiger partial charge in [0.25, 0.3) is 10.0 Å². The van der Waals surface area contributed by atoms with Crippen molar-refractivity contribution in [2.75, 3.05) is 7.11 Å². The molecule has 3 N–H and O–H groups in total. The predicted octanol–water partition coefficient (Wildman–Crippen LogP) is 1.26. The second kappa shape index (κ2) is 6.65. The minimum atomic E-state index is -4.99. The van der Waals surface area contributed by atoms with Crippen molar-refractivity contribution in [1.82, 2.24) is 9.78 Å². The molecule has 1 unspecified atom stereocenters. The lowest BCUT2D eigenvalue weighted by Crippen LogP contribution is -2.24. The number of sulfonamides is 1. The van der Waals surface area contributed by atoms with Crippen LogP contribution in [-0.4, -0.2) is 36.6 Å². The number of hydrogen-bond donors (Lipinski definition) is 2. The average molecular weight is 379 g/mol. The van der Waals surface area contributed by atoms with Gasteiger partial charge in [-0.3, -0.25) is 4.68 Å². The molecule has 1 heterocycles. The number of rotatable bonds is 5. The van der Waals surface area contributed by atoms with Crippen molar-refractivity contribution in [3.63, 3.8) is 0 Å². The molecule has 11 heteroatoms. The Labute approximate surface area is 141 Å². The number of nitrogens with zero attached hydrogens (tertiary/aromatic N) is 2. The van der Waals surface area contributed by atoms with Crippen LogP contribution in [-0.2, 0) is 23.5 Å². The van der Waals surface area contributed by atoms with E-state index in [0.29, 0.717) is 16.0 Å². The number of hydrogen-bond acceptors (Lipinski definition) is 5. The average Bonchev–Trinajstić information content (AvgIpc) is 2.83. The van der Waals surface area contributed by atoms with Gasteiger partial charge in [-0.25, -0.2) is 13.6 Å². The van der Waals surface area contributed by atoms with Crippen molar-refractivity contribution in [2.45, 2.75) is 23.7 Å². The molecule has 0 saturated carbocycles. The molecule has 0 spiro atoms. The van der Waals surface area contributed by atoms with E-state index in [9.17, 15) is 26.7 Å². The minimum absolute atomic E-state index is 0.216. The zero-order valence-electron chi connectivity index (χ0n) is 13.3. The third-order valence-corrected chi connectivity index (χ3v) is 4.40. The fourth-order valence-electron chi connectivity index (χ4n) is 2.39. The maximum Gasteiger partial charge on any atom is 0.420 e. The maximum absolute atomic E-state index is 12.9. The van der Waals surface area contributed by atoms with Gasteiger partial charge in [0.2, 0.25) is 0 Å². The third-order valence-electron chi connectivity index (χ3n) is 3.54. The molecule has 0 fully saturated rings. The molecule has 138 valence electrons. The van der Waals surface area contributed by atoms with Gasteiger partial charge in [0, 0.05) is 19.0 Å². The predicted molar refractivity (Wildman–Crippen MR) is 81.4 cm³/mol. The van der Waals surface area contributed by atoms with Gasteiger partial charge in [-0.1, -0.05) is 12.1 Å². The SMILES string of the molecule is COc1ccc(Cc2c(S(N)(=O)=O)nn(C)c2C(O)C(F)(F)F)cc1. The highest BCUT2D eigenvalue weighted by Gasteiger charge is 2.44. The molecule has 2 rings (SSSR count). The van der Waals surface area contributed by atoms with Crippen molar-refractivity contribution >= 4 is 10.0 Å². The molecular formula is C14H16F3N3O4S. The highest BCUT2D eigenvalue weighted by Crippen LogP contribution is 2.36. The Balaban J connectivity index is 2.59. The van der Waals surface area contributed by atoms with E-state index in [1.54, 1.807) is 24.3 Å². The standard InChI is InChI=1S/C14H16F3N3O4S/c1-20-11(12(21)14(15,16)17)10(13(19-20)25(18,22)23)7-8-3-5-9(24-2)6-4-8/h3-6,12,21H,7H2,1-2H3,(H2,18,22,23). The molecule has 1 aromatic heterocycles. The number of aromatic nitrogens is 2. The fraction of sp³-hybridized carbons (Fsp3) is 0.357. The highest BCUT2D eigenvalue weighted by molar-refractivity contribution is 7.89. The van der Waals surface area contributed by atoms with Gasteiger partial charge in [0.15, 0.2) is 11.1 Å². The summed E-state index contributed by atoms with van der Waals surface area (Å²) in [5.74, 6) is 0.525. The Morgan fingerprint density at radius 2 is 1.88 bits per heavy atom. The van der Waals surface area contributed by atoms with Crippen LogP contribution in [0.3, 0.4) is 0 Å². The summed E-state index contributed by atoms with van der Waals surface area (Å²) >= 11 is 0. The first kappa shape index (κ1) is 19.2. The van der Waals surface area contributed by atoms with E-state index in [4.69, 9.17) is 9.88 Å². The van der Waals surface area contributed by atoms with Crippen molar-refractivity contribution in [3.05, 3.63) is 41.1 Å². The van der Waals surface area contributed by atoms with Crippen LogP contribution in [0.4, 0.5) is 13.2 Å². The number of primary sulfonamides is 1. The van der Waals surface area contributed by atoms with Crippen molar-refractivity contribution in [3.8, 4) is 5.75 Å². The highest BCUT2D eigenvalue weighted by atomic mass is 32.2. The number of alkyl halides is 3. The van der Waals surface area contributed by atoms with E-state index in [0.717, 1.165) is 7.05 Å². The fourth-order valence-corrected chi connectivity index (χ4v) is 3.15. The van der Waals surface area contributed by atoms with E-state index in [1.165, 1.54) is 7.11 Å². The number of halogens is 3. The molecule has 2 aromatic rings. The topological polar surface area (TPSA) is 107 Å². The molecule has 0 radical (unpaired) electrons. The number of aliphatic hydroxyl groups is 1. The van der Waals surface area contributed by atoms with E-state index in [1.807, 2.05) is 0 Å². The molecule has 0 amide bonds. The molecule has 0 aliphatic rings. The second-order valence-corrected chi connectivity index (χ2v) is 6.78.